The van der Waals surface area contributed by atoms with E-state index < -0.39 is 46.4 Å². The highest BCUT2D eigenvalue weighted by Crippen LogP contribution is 2.41. The van der Waals surface area contributed by atoms with E-state index in [1.165, 1.54) is 13.0 Å². The first-order valence-electron chi connectivity index (χ1n) is 6.56. The number of carboxylic acid groups (broad SMARTS) is 2. The molecule has 2 atom stereocenters. The zero-order valence-corrected chi connectivity index (χ0v) is 12.9. The molecule has 0 radical (unpaired) electrons. The molecule has 1 aromatic rings. The van der Waals surface area contributed by atoms with E-state index in [9.17, 15) is 33.0 Å². The van der Waals surface area contributed by atoms with E-state index in [-0.39, 0.29) is 5.71 Å². The third-order valence-corrected chi connectivity index (χ3v) is 3.87. The van der Waals surface area contributed by atoms with Gasteiger partial charge in [-0.1, -0.05) is 18.2 Å². The van der Waals surface area contributed by atoms with E-state index in [4.69, 9.17) is 12.2 Å². The second kappa shape index (κ2) is 6.19. The lowest BCUT2D eigenvalue weighted by atomic mass is 9.85. The van der Waals surface area contributed by atoms with Gasteiger partial charge in [0.05, 0.1) is 11.6 Å². The number of alkyl halides is 3. The number of aliphatic carboxylic acids is 1. The highest BCUT2D eigenvalue weighted by atomic mass is 32.1. The zero-order valence-electron chi connectivity index (χ0n) is 12.1. The van der Waals surface area contributed by atoms with Crippen molar-refractivity contribution in [3.63, 3.8) is 0 Å². The number of thiocarbonyl (C=S) groups is 1. The Hall–Kier alpha value is -2.49. The fraction of sp³-hybridized carbons (Fsp3) is 0.286. The van der Waals surface area contributed by atoms with Gasteiger partial charge in [-0.05, 0) is 30.8 Å². The van der Waals surface area contributed by atoms with Gasteiger partial charge in [0.15, 0.2) is 0 Å². The number of rotatable bonds is 2. The van der Waals surface area contributed by atoms with Crippen LogP contribution < -0.4 is 0 Å². The van der Waals surface area contributed by atoms with Gasteiger partial charge in [0.2, 0.25) is 5.11 Å². The first-order chi connectivity index (χ1) is 11.1. The molecule has 0 aromatic heterocycles. The lowest BCUT2D eigenvalue weighted by Crippen LogP contribution is -2.49. The minimum atomic E-state index is -4.78. The van der Waals surface area contributed by atoms with Crippen molar-refractivity contribution >= 4 is 35.1 Å². The molecule has 0 saturated heterocycles. The topological polar surface area (TPSA) is 90.2 Å². The third-order valence-electron chi connectivity index (χ3n) is 3.58. The van der Waals surface area contributed by atoms with E-state index in [1.807, 2.05) is 0 Å². The van der Waals surface area contributed by atoms with Crippen molar-refractivity contribution in [3.05, 3.63) is 35.4 Å². The van der Waals surface area contributed by atoms with Crippen LogP contribution >= 0.6 is 12.2 Å². The summed E-state index contributed by atoms with van der Waals surface area (Å²) in [7, 11) is 0. The van der Waals surface area contributed by atoms with Crippen molar-refractivity contribution < 1.29 is 33.0 Å². The van der Waals surface area contributed by atoms with Gasteiger partial charge in [-0.25, -0.2) is 14.7 Å². The predicted molar refractivity (Wildman–Crippen MR) is 80.9 cm³/mol. The zero-order chi connectivity index (χ0) is 18.2. The van der Waals surface area contributed by atoms with Crippen LogP contribution in [0, 0.1) is 5.92 Å². The van der Waals surface area contributed by atoms with Crippen LogP contribution in [0.2, 0.25) is 0 Å². The summed E-state index contributed by atoms with van der Waals surface area (Å²) in [6, 6.07) is 2.55. The molecule has 10 heteroatoms. The molecule has 0 fully saturated rings. The highest BCUT2D eigenvalue weighted by Gasteiger charge is 2.47. The number of nitrogens with zero attached hydrogens (tertiary/aromatic N) is 2. The molecule has 1 amide bonds. The molecule has 0 aliphatic carbocycles. The largest absolute Gasteiger partial charge is 0.481 e. The van der Waals surface area contributed by atoms with Crippen LogP contribution in [-0.2, 0) is 11.0 Å². The molecule has 0 spiro atoms. The Balaban J connectivity index is 2.76. The number of amides is 1. The Bertz CT molecular complexity index is 748. The maximum absolute atomic E-state index is 13.3. The molecule has 6 nitrogen and oxygen atoms in total. The number of carboxylic acids is 1. The summed E-state index contributed by atoms with van der Waals surface area (Å²) in [4.78, 5) is 27.1. The number of halogens is 3. The molecule has 1 aromatic carbocycles. The molecule has 1 aliphatic heterocycles. The molecular formula is C14H11F3N2O4S. The van der Waals surface area contributed by atoms with Crippen molar-refractivity contribution in [1.29, 1.82) is 0 Å². The average molecular weight is 360 g/mol. The van der Waals surface area contributed by atoms with Crippen LogP contribution in [-0.4, -0.2) is 38.0 Å². The van der Waals surface area contributed by atoms with E-state index in [2.05, 4.69) is 4.99 Å². The second-order valence-corrected chi connectivity index (χ2v) is 5.40. The molecule has 128 valence electrons. The number of benzene rings is 1. The minimum Gasteiger partial charge on any atom is -0.481 e. The van der Waals surface area contributed by atoms with Gasteiger partial charge in [0.1, 0.15) is 5.92 Å². The van der Waals surface area contributed by atoms with Crippen LogP contribution in [0.5, 0.6) is 0 Å². The molecule has 1 heterocycles. The molecule has 2 rings (SSSR count). The second-order valence-electron chi connectivity index (χ2n) is 5.03. The van der Waals surface area contributed by atoms with Gasteiger partial charge >= 0.3 is 18.2 Å². The summed E-state index contributed by atoms with van der Waals surface area (Å²) in [5, 5.41) is 18.2. The highest BCUT2D eigenvalue weighted by molar-refractivity contribution is 7.80. The first kappa shape index (κ1) is 17.9. The number of aliphatic imine (C=N–C) groups is 1. The monoisotopic (exact) mass is 360 g/mol. The van der Waals surface area contributed by atoms with E-state index in [0.29, 0.717) is 4.90 Å². The van der Waals surface area contributed by atoms with Crippen LogP contribution in [0.25, 0.3) is 0 Å². The Morgan fingerprint density at radius 1 is 1.25 bits per heavy atom. The normalized spacial score (nSPS) is 21.4. The SMILES string of the molecule is CC1=NC(=S)N(C(=O)O)[C@H](c2ccccc2C(F)(F)F)C1C(=O)O. The quantitative estimate of drug-likeness (QED) is 0.791. The summed E-state index contributed by atoms with van der Waals surface area (Å²) in [5.74, 6) is -3.08. The van der Waals surface area contributed by atoms with Gasteiger partial charge in [-0.2, -0.15) is 13.2 Å². The van der Waals surface area contributed by atoms with Crippen molar-refractivity contribution in [2.75, 3.05) is 0 Å². The van der Waals surface area contributed by atoms with Gasteiger partial charge in [0, 0.05) is 5.71 Å². The van der Waals surface area contributed by atoms with Crippen LogP contribution in [0.15, 0.2) is 29.3 Å². The van der Waals surface area contributed by atoms with Crippen LogP contribution in [0.4, 0.5) is 18.0 Å². The maximum atomic E-state index is 13.3. The van der Waals surface area contributed by atoms with Crippen LogP contribution in [0.1, 0.15) is 24.1 Å². The lowest BCUT2D eigenvalue weighted by Gasteiger charge is -2.37. The lowest BCUT2D eigenvalue weighted by molar-refractivity contribution is -0.143. The molecule has 2 N–H and O–H groups in total. The fourth-order valence-corrected chi connectivity index (χ4v) is 2.95. The summed E-state index contributed by atoms with van der Waals surface area (Å²) in [5.41, 5.74) is -1.67. The Morgan fingerprint density at radius 3 is 2.33 bits per heavy atom. The molecule has 1 unspecified atom stereocenters. The van der Waals surface area contributed by atoms with Gasteiger partial charge in [-0.15, -0.1) is 0 Å². The summed E-state index contributed by atoms with van der Waals surface area (Å²) in [6.45, 7) is 1.29. The maximum Gasteiger partial charge on any atom is 0.416 e. The Labute approximate surface area is 139 Å². The molecule has 0 saturated carbocycles. The van der Waals surface area contributed by atoms with Crippen molar-refractivity contribution in [1.82, 2.24) is 4.90 Å². The summed E-state index contributed by atoms with van der Waals surface area (Å²) >= 11 is 4.82. The van der Waals surface area contributed by atoms with Crippen molar-refractivity contribution in [3.8, 4) is 0 Å². The van der Waals surface area contributed by atoms with Gasteiger partial charge in [0.25, 0.3) is 0 Å². The average Bonchev–Trinajstić information content (AvgIpc) is 2.44. The van der Waals surface area contributed by atoms with E-state index >= 15 is 0 Å². The predicted octanol–water partition coefficient (Wildman–Crippen LogP) is 3.19. The summed E-state index contributed by atoms with van der Waals surface area (Å²) in [6.07, 6.45) is -6.46. The smallest absolute Gasteiger partial charge is 0.416 e. The third kappa shape index (κ3) is 3.09. The molecule has 0 bridgehead atoms. The molecule has 24 heavy (non-hydrogen) atoms. The Morgan fingerprint density at radius 2 is 1.83 bits per heavy atom. The number of hydrogen-bond acceptors (Lipinski definition) is 3. The van der Waals surface area contributed by atoms with Gasteiger partial charge < -0.3 is 10.2 Å². The van der Waals surface area contributed by atoms with E-state index in [0.717, 1.165) is 18.2 Å². The van der Waals surface area contributed by atoms with Crippen molar-refractivity contribution in [2.45, 2.75) is 19.1 Å². The fourth-order valence-electron chi connectivity index (χ4n) is 2.62. The minimum absolute atomic E-state index is 0.0630. The number of carbonyl (C=O) groups is 2. The van der Waals surface area contributed by atoms with Gasteiger partial charge in [-0.3, -0.25) is 4.79 Å². The number of hydrogen-bond donors (Lipinski definition) is 2. The van der Waals surface area contributed by atoms with Crippen molar-refractivity contribution in [2.24, 2.45) is 10.9 Å². The standard InChI is InChI=1S/C14H11F3N2O4S/c1-6-9(11(20)21)10(19(13(22)23)12(24)18-6)7-4-2-3-5-8(7)14(15,16)17/h2-5,9-10H,1H3,(H,20,21)(H,22,23)/t9?,10-/m1/s1. The Kier molecular flexibility index (Phi) is 4.61. The summed E-state index contributed by atoms with van der Waals surface area (Å²) < 4.78 is 39.8. The van der Waals surface area contributed by atoms with Crippen LogP contribution in [0.3, 0.4) is 0 Å². The van der Waals surface area contributed by atoms with E-state index in [1.54, 1.807) is 0 Å². The first-order valence-corrected chi connectivity index (χ1v) is 6.96. The molecule has 1 aliphatic rings. The molecular weight excluding hydrogens is 349 g/mol.